The minimum Gasteiger partial charge on any atom is -0.366 e. The highest BCUT2D eigenvalue weighted by atomic mass is 15.2. The average molecular weight is 533 g/mol. The lowest BCUT2D eigenvalue weighted by atomic mass is 9.63. The van der Waals surface area contributed by atoms with E-state index < -0.39 is 0 Å². The van der Waals surface area contributed by atoms with Crippen molar-refractivity contribution in [3.05, 3.63) is 109 Å². The molecule has 0 N–H and O–H groups in total. The van der Waals surface area contributed by atoms with Crippen molar-refractivity contribution in [3.63, 3.8) is 0 Å². The minimum atomic E-state index is 0.709. The number of rotatable bonds is 4. The van der Waals surface area contributed by atoms with Crippen molar-refractivity contribution < 1.29 is 0 Å². The average Bonchev–Trinajstić information content (AvgIpc) is 3.35. The third-order valence-corrected chi connectivity index (χ3v) is 9.87. The quantitative estimate of drug-likeness (QED) is 0.228. The summed E-state index contributed by atoms with van der Waals surface area (Å²) in [6.07, 6.45) is 6.97. The standard InChI is InChI=1S/C37H32N4/c1-3-9-26(10-4-1)33-23-36(39-37(38-33)27-11-5-2-6-12-27)41-34-14-8-7-13-31(34)32-22-28(15-16-35(32)41)40-29-18-24-17-25(20-29)21-30(40)19-24/h1-16,22-25,29-30H,17-21H2. The summed E-state index contributed by atoms with van der Waals surface area (Å²) < 4.78 is 2.33. The Morgan fingerprint density at radius 3 is 1.90 bits per heavy atom. The van der Waals surface area contributed by atoms with Gasteiger partial charge in [-0.1, -0.05) is 78.9 Å². The summed E-state index contributed by atoms with van der Waals surface area (Å²) >= 11 is 0. The number of nitrogens with zero attached hydrogens (tertiary/aromatic N) is 4. The molecule has 4 heterocycles. The predicted octanol–water partition coefficient (Wildman–Crippen LogP) is 8.68. The molecule has 0 unspecified atom stereocenters. The molecule has 4 nitrogen and oxygen atoms in total. The first-order valence-electron chi connectivity index (χ1n) is 15.1. The topological polar surface area (TPSA) is 34.0 Å². The van der Waals surface area contributed by atoms with Crippen molar-refractivity contribution in [2.75, 3.05) is 4.90 Å². The van der Waals surface area contributed by atoms with Gasteiger partial charge in [-0.05, 0) is 68.2 Å². The molecule has 4 heteroatoms. The molecular weight excluding hydrogens is 500 g/mol. The van der Waals surface area contributed by atoms with Gasteiger partial charge in [0.25, 0.3) is 0 Å². The van der Waals surface area contributed by atoms with Crippen molar-refractivity contribution in [2.45, 2.75) is 44.2 Å². The number of anilines is 1. The van der Waals surface area contributed by atoms with Crippen LogP contribution in [0.2, 0.25) is 0 Å². The van der Waals surface area contributed by atoms with Gasteiger partial charge in [-0.3, -0.25) is 4.57 Å². The zero-order chi connectivity index (χ0) is 26.9. The molecule has 0 radical (unpaired) electrons. The first-order chi connectivity index (χ1) is 20.3. The van der Waals surface area contributed by atoms with E-state index in [4.69, 9.17) is 9.97 Å². The van der Waals surface area contributed by atoms with Crippen molar-refractivity contribution >= 4 is 27.5 Å². The van der Waals surface area contributed by atoms with Crippen molar-refractivity contribution in [3.8, 4) is 28.5 Å². The van der Waals surface area contributed by atoms with Crippen LogP contribution in [0.5, 0.6) is 0 Å². The van der Waals surface area contributed by atoms with Crippen molar-refractivity contribution in [1.29, 1.82) is 0 Å². The van der Waals surface area contributed by atoms with Gasteiger partial charge in [-0.15, -0.1) is 0 Å². The van der Waals surface area contributed by atoms with E-state index in [0.717, 1.165) is 40.3 Å². The SMILES string of the molecule is c1ccc(-c2cc(-n3c4ccccc4c4cc(N5C6CC7CC(C6)CC5C7)ccc43)nc(-c3ccccc3)n2)cc1. The minimum absolute atomic E-state index is 0.709. The molecule has 2 saturated heterocycles. The summed E-state index contributed by atoms with van der Waals surface area (Å²) in [5, 5.41) is 2.57. The maximum absolute atomic E-state index is 5.19. The molecule has 0 atom stereocenters. The van der Waals surface area contributed by atoms with E-state index in [9.17, 15) is 0 Å². The fourth-order valence-electron chi connectivity index (χ4n) is 8.34. The Morgan fingerprint density at radius 1 is 0.537 bits per heavy atom. The van der Waals surface area contributed by atoms with Gasteiger partial charge < -0.3 is 4.90 Å². The Bertz CT molecular complexity index is 1820. The van der Waals surface area contributed by atoms with Crippen LogP contribution in [0.3, 0.4) is 0 Å². The van der Waals surface area contributed by atoms with E-state index in [0.29, 0.717) is 12.1 Å². The van der Waals surface area contributed by atoms with Gasteiger partial charge in [0, 0.05) is 45.7 Å². The second-order valence-electron chi connectivity index (χ2n) is 12.3. The highest BCUT2D eigenvalue weighted by Crippen LogP contribution is 2.51. The molecule has 4 bridgehead atoms. The second kappa shape index (κ2) is 9.04. The summed E-state index contributed by atoms with van der Waals surface area (Å²) in [7, 11) is 0. The number of benzene rings is 4. The fraction of sp³-hybridized carbons (Fsp3) is 0.243. The number of fused-ring (bicyclic) bond motifs is 3. The van der Waals surface area contributed by atoms with Gasteiger partial charge in [0.05, 0.1) is 16.7 Å². The zero-order valence-corrected chi connectivity index (χ0v) is 23.0. The Labute approximate surface area is 240 Å². The Balaban J connectivity index is 1.24. The van der Waals surface area contributed by atoms with Gasteiger partial charge in [0.15, 0.2) is 5.82 Å². The molecule has 10 rings (SSSR count). The van der Waals surface area contributed by atoms with E-state index in [1.165, 1.54) is 59.6 Å². The molecule has 2 aromatic heterocycles. The lowest BCUT2D eigenvalue weighted by molar-refractivity contribution is 0.0900. The number of aromatic nitrogens is 3. The highest BCUT2D eigenvalue weighted by molar-refractivity contribution is 6.10. The maximum atomic E-state index is 5.19. The van der Waals surface area contributed by atoms with Crippen LogP contribution in [0.4, 0.5) is 5.69 Å². The number of hydrogen-bond donors (Lipinski definition) is 0. The smallest absolute Gasteiger partial charge is 0.162 e. The highest BCUT2D eigenvalue weighted by Gasteiger charge is 2.46. The molecule has 4 aliphatic rings. The van der Waals surface area contributed by atoms with Crippen LogP contribution in [0.25, 0.3) is 50.3 Å². The molecule has 6 aromatic rings. The maximum Gasteiger partial charge on any atom is 0.162 e. The molecule has 0 spiro atoms. The summed E-state index contributed by atoms with van der Waals surface area (Å²) in [4.78, 5) is 13.0. The molecular formula is C37H32N4. The predicted molar refractivity (Wildman–Crippen MR) is 167 cm³/mol. The largest absolute Gasteiger partial charge is 0.366 e. The molecule has 4 aromatic carbocycles. The van der Waals surface area contributed by atoms with Gasteiger partial charge in [0.2, 0.25) is 0 Å². The van der Waals surface area contributed by atoms with E-state index in [-0.39, 0.29) is 0 Å². The molecule has 0 amide bonds. The first kappa shape index (κ1) is 23.3. The molecule has 200 valence electrons. The molecule has 41 heavy (non-hydrogen) atoms. The lowest BCUT2D eigenvalue weighted by Gasteiger charge is -2.57. The normalized spacial score (nSPS) is 23.1. The van der Waals surface area contributed by atoms with Gasteiger partial charge in [-0.25, -0.2) is 9.97 Å². The van der Waals surface area contributed by atoms with Gasteiger partial charge in [0.1, 0.15) is 5.82 Å². The zero-order valence-electron chi connectivity index (χ0n) is 23.0. The summed E-state index contributed by atoms with van der Waals surface area (Å²) in [6, 6.07) is 40.3. The second-order valence-corrected chi connectivity index (χ2v) is 12.3. The number of piperidine rings is 2. The molecule has 2 saturated carbocycles. The van der Waals surface area contributed by atoms with Crippen LogP contribution in [-0.2, 0) is 0 Å². The van der Waals surface area contributed by atoms with Crippen LogP contribution in [0.1, 0.15) is 32.1 Å². The number of para-hydroxylation sites is 1. The van der Waals surface area contributed by atoms with Crippen LogP contribution in [-0.4, -0.2) is 26.6 Å². The van der Waals surface area contributed by atoms with Gasteiger partial charge in [-0.2, -0.15) is 0 Å². The molecule has 2 aliphatic carbocycles. The lowest BCUT2D eigenvalue weighted by Crippen LogP contribution is -2.58. The summed E-state index contributed by atoms with van der Waals surface area (Å²) in [5.41, 5.74) is 6.80. The third kappa shape index (κ3) is 3.73. The van der Waals surface area contributed by atoms with E-state index in [1.807, 2.05) is 12.1 Å². The van der Waals surface area contributed by atoms with Crippen LogP contribution in [0, 0.1) is 11.8 Å². The third-order valence-electron chi connectivity index (χ3n) is 9.87. The van der Waals surface area contributed by atoms with Crippen LogP contribution < -0.4 is 4.90 Å². The summed E-state index contributed by atoms with van der Waals surface area (Å²) in [5.74, 6) is 3.54. The Kier molecular flexibility index (Phi) is 5.13. The monoisotopic (exact) mass is 532 g/mol. The van der Waals surface area contributed by atoms with Crippen molar-refractivity contribution in [2.24, 2.45) is 11.8 Å². The van der Waals surface area contributed by atoms with E-state index in [1.54, 1.807) is 0 Å². The summed E-state index contributed by atoms with van der Waals surface area (Å²) in [6.45, 7) is 0. The van der Waals surface area contributed by atoms with E-state index in [2.05, 4.69) is 107 Å². The van der Waals surface area contributed by atoms with Crippen LogP contribution in [0.15, 0.2) is 109 Å². The van der Waals surface area contributed by atoms with Gasteiger partial charge >= 0.3 is 0 Å². The first-order valence-corrected chi connectivity index (χ1v) is 15.1. The van der Waals surface area contributed by atoms with E-state index >= 15 is 0 Å². The Hall–Kier alpha value is -4.44. The fourth-order valence-corrected chi connectivity index (χ4v) is 8.34. The van der Waals surface area contributed by atoms with Crippen LogP contribution >= 0.6 is 0 Å². The molecule has 2 aliphatic heterocycles. The molecule has 4 fully saturated rings. The Morgan fingerprint density at radius 2 is 1.17 bits per heavy atom. The van der Waals surface area contributed by atoms with Crippen molar-refractivity contribution in [1.82, 2.24) is 14.5 Å². The number of hydrogen-bond acceptors (Lipinski definition) is 3.